The molecule has 0 bridgehead atoms. The zero-order valence-corrected chi connectivity index (χ0v) is 19.5. The van der Waals surface area contributed by atoms with E-state index in [9.17, 15) is 18.0 Å². The minimum Gasteiger partial charge on any atom is -0.462 e. The molecule has 1 amide bonds. The molecule has 0 heterocycles. The Morgan fingerprint density at radius 2 is 1.77 bits per heavy atom. The van der Waals surface area contributed by atoms with E-state index in [2.05, 4.69) is 5.32 Å². The van der Waals surface area contributed by atoms with Crippen LogP contribution in [-0.4, -0.2) is 39.7 Å². The molecule has 0 aromatic heterocycles. The van der Waals surface area contributed by atoms with E-state index in [0.717, 1.165) is 16.7 Å². The highest BCUT2D eigenvalue weighted by Gasteiger charge is 2.20. The number of anilines is 2. The van der Waals surface area contributed by atoms with Gasteiger partial charge >= 0.3 is 5.97 Å². The average molecular weight is 447 g/mol. The SMILES string of the molecule is CCOC(=O)c1ccc(C)c(NC(=O)CCCN(c2cccc(C)c2C)S(C)(=O)=O)c1. The topological polar surface area (TPSA) is 92.8 Å². The molecule has 0 saturated carbocycles. The molecule has 168 valence electrons. The van der Waals surface area contributed by atoms with Gasteiger partial charge in [0.1, 0.15) is 0 Å². The van der Waals surface area contributed by atoms with Crippen LogP contribution in [-0.2, 0) is 19.6 Å². The number of benzene rings is 2. The lowest BCUT2D eigenvalue weighted by atomic mass is 10.1. The lowest BCUT2D eigenvalue weighted by molar-refractivity contribution is -0.116. The summed E-state index contributed by atoms with van der Waals surface area (Å²) in [5.74, 6) is -0.700. The minimum absolute atomic E-state index is 0.139. The first kappa shape index (κ1) is 24.4. The molecule has 0 aliphatic carbocycles. The summed E-state index contributed by atoms with van der Waals surface area (Å²) >= 11 is 0. The zero-order chi connectivity index (χ0) is 23.2. The first-order chi connectivity index (χ1) is 14.5. The van der Waals surface area contributed by atoms with Crippen molar-refractivity contribution in [2.75, 3.05) is 29.0 Å². The van der Waals surface area contributed by atoms with Crippen molar-refractivity contribution in [2.45, 2.75) is 40.5 Å². The van der Waals surface area contributed by atoms with Crippen molar-refractivity contribution < 1.29 is 22.7 Å². The Labute approximate surface area is 184 Å². The first-order valence-electron chi connectivity index (χ1n) is 10.2. The lowest BCUT2D eigenvalue weighted by Gasteiger charge is -2.25. The summed E-state index contributed by atoms with van der Waals surface area (Å²) in [6, 6.07) is 10.5. The minimum atomic E-state index is -3.49. The van der Waals surface area contributed by atoms with E-state index in [1.807, 2.05) is 32.9 Å². The summed E-state index contributed by atoms with van der Waals surface area (Å²) in [5.41, 5.74) is 4.23. The van der Waals surface area contributed by atoms with Crippen molar-refractivity contribution in [3.05, 3.63) is 58.7 Å². The third kappa shape index (κ3) is 6.55. The number of carbonyl (C=O) groups is 2. The van der Waals surface area contributed by atoms with Crippen LogP contribution in [0.4, 0.5) is 11.4 Å². The van der Waals surface area contributed by atoms with E-state index < -0.39 is 16.0 Å². The molecular formula is C23H30N2O5S. The van der Waals surface area contributed by atoms with Crippen molar-refractivity contribution in [1.82, 2.24) is 0 Å². The van der Waals surface area contributed by atoms with Crippen molar-refractivity contribution in [2.24, 2.45) is 0 Å². The number of aryl methyl sites for hydroxylation is 2. The van der Waals surface area contributed by atoms with E-state index in [0.29, 0.717) is 23.4 Å². The fourth-order valence-corrected chi connectivity index (χ4v) is 4.18. The fourth-order valence-electron chi connectivity index (χ4n) is 3.16. The lowest BCUT2D eigenvalue weighted by Crippen LogP contribution is -2.32. The molecule has 0 radical (unpaired) electrons. The molecule has 0 spiro atoms. The summed E-state index contributed by atoms with van der Waals surface area (Å²) in [6.45, 7) is 7.83. The van der Waals surface area contributed by atoms with Gasteiger partial charge in [-0.15, -0.1) is 0 Å². The van der Waals surface area contributed by atoms with Crippen molar-refractivity contribution in [3.63, 3.8) is 0 Å². The number of ether oxygens (including phenoxy) is 1. The molecule has 7 nitrogen and oxygen atoms in total. The maximum atomic E-state index is 12.5. The van der Waals surface area contributed by atoms with Gasteiger partial charge in [0.2, 0.25) is 15.9 Å². The monoisotopic (exact) mass is 446 g/mol. The highest BCUT2D eigenvalue weighted by Crippen LogP contribution is 2.25. The number of hydrogen-bond donors (Lipinski definition) is 1. The number of nitrogens with zero attached hydrogens (tertiary/aromatic N) is 1. The Bertz CT molecular complexity index is 1060. The second-order valence-corrected chi connectivity index (χ2v) is 9.36. The van der Waals surface area contributed by atoms with Crippen molar-refractivity contribution in [3.8, 4) is 0 Å². The molecule has 8 heteroatoms. The van der Waals surface area contributed by atoms with Crippen molar-refractivity contribution >= 4 is 33.3 Å². The number of carbonyl (C=O) groups excluding carboxylic acids is 2. The molecule has 0 fully saturated rings. The third-order valence-corrected chi connectivity index (χ3v) is 6.21. The summed E-state index contributed by atoms with van der Waals surface area (Å²) in [4.78, 5) is 24.4. The predicted molar refractivity (Wildman–Crippen MR) is 123 cm³/mol. The van der Waals surface area contributed by atoms with Crippen LogP contribution in [0.25, 0.3) is 0 Å². The predicted octanol–water partition coefficient (Wildman–Crippen LogP) is 3.97. The number of esters is 1. The summed E-state index contributed by atoms with van der Waals surface area (Å²) in [5, 5.41) is 2.81. The third-order valence-electron chi connectivity index (χ3n) is 5.03. The smallest absolute Gasteiger partial charge is 0.338 e. The van der Waals surface area contributed by atoms with Crippen LogP contribution in [0.15, 0.2) is 36.4 Å². The number of sulfonamides is 1. The van der Waals surface area contributed by atoms with Crippen molar-refractivity contribution in [1.29, 1.82) is 0 Å². The molecule has 2 aromatic rings. The largest absolute Gasteiger partial charge is 0.462 e. The van der Waals surface area contributed by atoms with Gasteiger partial charge in [0, 0.05) is 18.7 Å². The maximum absolute atomic E-state index is 12.5. The standard InChI is InChI=1S/C23H30N2O5S/c1-6-30-23(27)19-13-12-17(3)20(15-19)24-22(26)11-8-14-25(31(5,28)29)21-10-7-9-16(2)18(21)4/h7,9-10,12-13,15H,6,8,11,14H2,1-5H3,(H,24,26). The molecule has 0 saturated heterocycles. The normalized spacial score (nSPS) is 11.1. The maximum Gasteiger partial charge on any atom is 0.338 e. The second-order valence-electron chi connectivity index (χ2n) is 7.46. The van der Waals surface area contributed by atoms with Gasteiger partial charge in [-0.25, -0.2) is 13.2 Å². The van der Waals surface area contributed by atoms with Crippen LogP contribution in [0.2, 0.25) is 0 Å². The van der Waals surface area contributed by atoms with Gasteiger partial charge in [-0.2, -0.15) is 0 Å². The molecule has 0 unspecified atom stereocenters. The van der Waals surface area contributed by atoms with Crippen LogP contribution >= 0.6 is 0 Å². The van der Waals surface area contributed by atoms with E-state index in [4.69, 9.17) is 4.74 Å². The molecule has 1 N–H and O–H groups in total. The highest BCUT2D eigenvalue weighted by molar-refractivity contribution is 7.92. The molecule has 0 atom stereocenters. The number of hydrogen-bond acceptors (Lipinski definition) is 5. The van der Waals surface area contributed by atoms with Crippen LogP contribution in [0.3, 0.4) is 0 Å². The first-order valence-corrected chi connectivity index (χ1v) is 12.0. The van der Waals surface area contributed by atoms with Gasteiger partial charge in [0.05, 0.1) is 24.1 Å². The van der Waals surface area contributed by atoms with Gasteiger partial charge in [0.25, 0.3) is 0 Å². The number of rotatable bonds is 9. The quantitative estimate of drug-likeness (QED) is 0.588. The zero-order valence-electron chi connectivity index (χ0n) is 18.7. The van der Waals surface area contributed by atoms with E-state index in [1.54, 1.807) is 31.2 Å². The Morgan fingerprint density at radius 1 is 1.06 bits per heavy atom. The van der Waals surface area contributed by atoms with Gasteiger partial charge in [-0.3, -0.25) is 9.10 Å². The Morgan fingerprint density at radius 3 is 2.42 bits per heavy atom. The Balaban J connectivity index is 2.06. The van der Waals surface area contributed by atoms with Crippen LogP contribution in [0, 0.1) is 20.8 Å². The Kier molecular flexibility index (Phi) is 8.21. The average Bonchev–Trinajstić information content (AvgIpc) is 2.69. The molecule has 2 aromatic carbocycles. The fraction of sp³-hybridized carbons (Fsp3) is 0.391. The number of nitrogens with one attached hydrogen (secondary N) is 1. The Hall–Kier alpha value is -2.87. The molecular weight excluding hydrogens is 416 g/mol. The van der Waals surface area contributed by atoms with E-state index in [-0.39, 0.29) is 25.5 Å². The summed E-state index contributed by atoms with van der Waals surface area (Å²) in [6.07, 6.45) is 1.65. The van der Waals surface area contributed by atoms with E-state index in [1.165, 1.54) is 10.6 Å². The van der Waals surface area contributed by atoms with Crippen LogP contribution < -0.4 is 9.62 Å². The van der Waals surface area contributed by atoms with Crippen LogP contribution in [0.5, 0.6) is 0 Å². The van der Waals surface area contributed by atoms with Crippen LogP contribution in [0.1, 0.15) is 46.8 Å². The van der Waals surface area contributed by atoms with Gasteiger partial charge in [-0.05, 0) is 69.0 Å². The molecule has 31 heavy (non-hydrogen) atoms. The second kappa shape index (κ2) is 10.4. The molecule has 0 aliphatic heterocycles. The van der Waals surface area contributed by atoms with Gasteiger partial charge in [0.15, 0.2) is 0 Å². The summed E-state index contributed by atoms with van der Waals surface area (Å²) < 4.78 is 31.0. The number of amides is 1. The van der Waals surface area contributed by atoms with E-state index >= 15 is 0 Å². The molecule has 0 aliphatic rings. The highest BCUT2D eigenvalue weighted by atomic mass is 32.2. The van der Waals surface area contributed by atoms with Gasteiger partial charge in [-0.1, -0.05) is 18.2 Å². The van der Waals surface area contributed by atoms with Gasteiger partial charge < -0.3 is 10.1 Å². The summed E-state index contributed by atoms with van der Waals surface area (Å²) in [7, 11) is -3.49. The molecule has 2 rings (SSSR count).